The van der Waals surface area contributed by atoms with Gasteiger partial charge in [-0.05, 0) is 54.5 Å². The van der Waals surface area contributed by atoms with E-state index < -0.39 is 16.8 Å². The first kappa shape index (κ1) is 24.2. The van der Waals surface area contributed by atoms with Crippen LogP contribution in [0.2, 0.25) is 0 Å². The average Bonchev–Trinajstić information content (AvgIpc) is 3.36. The van der Waals surface area contributed by atoms with Crippen LogP contribution >= 0.6 is 0 Å². The van der Waals surface area contributed by atoms with Gasteiger partial charge >= 0.3 is 5.97 Å². The van der Waals surface area contributed by atoms with Gasteiger partial charge in [-0.25, -0.2) is 4.79 Å². The molecule has 1 amide bonds. The number of nitrogens with zero attached hydrogens (tertiary/aromatic N) is 1. The third-order valence-corrected chi connectivity index (χ3v) is 4.67. The first-order valence-electron chi connectivity index (χ1n) is 10.7. The molecule has 0 fully saturated rings. The number of nitro groups is 1. The number of rotatable bonds is 11. The smallest absolute Gasteiger partial charge is 0.355 e. The third-order valence-electron chi connectivity index (χ3n) is 4.67. The number of hydrogen-bond acceptors (Lipinski definition) is 7. The Kier molecular flexibility index (Phi) is 8.56. The lowest BCUT2D eigenvalue weighted by molar-refractivity contribution is -0.384. The number of non-ortho nitro benzene ring substituents is 1. The van der Waals surface area contributed by atoms with Gasteiger partial charge in [0.1, 0.15) is 23.8 Å². The van der Waals surface area contributed by atoms with Crippen molar-refractivity contribution in [2.75, 3.05) is 6.61 Å². The number of furan rings is 1. The van der Waals surface area contributed by atoms with E-state index in [1.807, 2.05) is 0 Å². The molecule has 1 aromatic heterocycles. The minimum Gasteiger partial charge on any atom is -0.494 e. The zero-order valence-corrected chi connectivity index (χ0v) is 18.6. The van der Waals surface area contributed by atoms with Crippen molar-refractivity contribution in [2.45, 2.75) is 26.4 Å². The van der Waals surface area contributed by atoms with E-state index in [9.17, 15) is 19.7 Å². The van der Waals surface area contributed by atoms with E-state index in [-0.39, 0.29) is 18.0 Å². The summed E-state index contributed by atoms with van der Waals surface area (Å²) < 4.78 is 16.0. The van der Waals surface area contributed by atoms with Gasteiger partial charge < -0.3 is 19.2 Å². The number of carbonyl (C=O) groups is 2. The molecule has 0 aliphatic heterocycles. The molecule has 0 saturated heterocycles. The van der Waals surface area contributed by atoms with Gasteiger partial charge in [-0.3, -0.25) is 14.9 Å². The van der Waals surface area contributed by atoms with Gasteiger partial charge in [0.15, 0.2) is 0 Å². The Labute approximate surface area is 196 Å². The van der Waals surface area contributed by atoms with Crippen LogP contribution in [0, 0.1) is 10.1 Å². The molecule has 0 bridgehead atoms. The minimum absolute atomic E-state index is 0.141. The Bertz CT molecular complexity index is 1150. The van der Waals surface area contributed by atoms with Crippen LogP contribution in [-0.2, 0) is 16.1 Å². The van der Waals surface area contributed by atoms with E-state index >= 15 is 0 Å². The van der Waals surface area contributed by atoms with Crippen LogP contribution in [0.5, 0.6) is 5.75 Å². The normalized spacial score (nSPS) is 11.0. The van der Waals surface area contributed by atoms with Crippen molar-refractivity contribution in [1.82, 2.24) is 5.32 Å². The van der Waals surface area contributed by atoms with Gasteiger partial charge in [-0.1, -0.05) is 25.5 Å². The molecule has 0 atom stereocenters. The Hall–Kier alpha value is -4.40. The second-order valence-electron chi connectivity index (χ2n) is 7.25. The largest absolute Gasteiger partial charge is 0.494 e. The third kappa shape index (κ3) is 7.06. The summed E-state index contributed by atoms with van der Waals surface area (Å²) in [6.45, 7) is 2.51. The molecule has 3 aromatic rings. The standard InChI is InChI=1S/C25H24N2O7/c1-2-3-13-32-21-11-9-19(10-12-21)24(28)26-23(25(29)34-17-22-8-5-14-33-22)16-18-6-4-7-20(15-18)27(30)31/h4-12,14-16H,2-3,13,17H2,1H3,(H,26,28)/b23-16-. The molecule has 0 saturated carbocycles. The second kappa shape index (κ2) is 12.0. The highest BCUT2D eigenvalue weighted by Gasteiger charge is 2.17. The fraction of sp³-hybridized carbons (Fsp3) is 0.200. The Morgan fingerprint density at radius 2 is 1.91 bits per heavy atom. The summed E-state index contributed by atoms with van der Waals surface area (Å²) in [4.78, 5) is 36.1. The maximum Gasteiger partial charge on any atom is 0.355 e. The Morgan fingerprint density at radius 1 is 1.12 bits per heavy atom. The van der Waals surface area contributed by atoms with Crippen LogP contribution < -0.4 is 10.1 Å². The highest BCUT2D eigenvalue weighted by molar-refractivity contribution is 6.03. The number of benzene rings is 2. The summed E-state index contributed by atoms with van der Waals surface area (Å²) in [5.41, 5.74) is 0.313. The van der Waals surface area contributed by atoms with Crippen molar-refractivity contribution in [3.8, 4) is 5.75 Å². The molecule has 3 rings (SSSR count). The van der Waals surface area contributed by atoms with Crippen LogP contribution in [0.25, 0.3) is 6.08 Å². The summed E-state index contributed by atoms with van der Waals surface area (Å²) in [7, 11) is 0. The van der Waals surface area contributed by atoms with Crippen molar-refractivity contribution in [3.05, 3.63) is 99.6 Å². The molecule has 0 spiro atoms. The molecule has 9 heteroatoms. The second-order valence-corrected chi connectivity index (χ2v) is 7.25. The van der Waals surface area contributed by atoms with E-state index in [0.717, 1.165) is 12.8 Å². The number of amides is 1. The maximum atomic E-state index is 12.8. The van der Waals surface area contributed by atoms with E-state index in [1.165, 1.54) is 30.5 Å². The van der Waals surface area contributed by atoms with Crippen LogP contribution in [-0.4, -0.2) is 23.4 Å². The number of esters is 1. The average molecular weight is 464 g/mol. The highest BCUT2D eigenvalue weighted by atomic mass is 16.6. The number of nitrogens with one attached hydrogen (secondary N) is 1. The number of nitro benzene ring substituents is 1. The fourth-order valence-electron chi connectivity index (χ4n) is 2.88. The number of carbonyl (C=O) groups excluding carboxylic acids is 2. The molecule has 2 aromatic carbocycles. The summed E-state index contributed by atoms with van der Waals surface area (Å²) in [5.74, 6) is -0.314. The Balaban J connectivity index is 1.78. The van der Waals surface area contributed by atoms with Crippen LogP contribution in [0.1, 0.15) is 41.4 Å². The summed E-state index contributed by atoms with van der Waals surface area (Å²) in [6.07, 6.45) is 4.70. The lowest BCUT2D eigenvalue weighted by atomic mass is 10.1. The van der Waals surface area contributed by atoms with E-state index in [2.05, 4.69) is 12.2 Å². The quantitative estimate of drug-likeness (QED) is 0.141. The van der Waals surface area contributed by atoms with Gasteiger partial charge in [0.2, 0.25) is 0 Å². The van der Waals surface area contributed by atoms with Crippen LogP contribution in [0.15, 0.2) is 77.0 Å². The molecular formula is C25H24N2O7. The van der Waals surface area contributed by atoms with Crippen molar-refractivity contribution in [3.63, 3.8) is 0 Å². The van der Waals surface area contributed by atoms with Crippen LogP contribution in [0.3, 0.4) is 0 Å². The van der Waals surface area contributed by atoms with Gasteiger partial charge in [-0.2, -0.15) is 0 Å². The molecule has 1 heterocycles. The zero-order valence-electron chi connectivity index (χ0n) is 18.6. The number of ether oxygens (including phenoxy) is 2. The molecule has 9 nitrogen and oxygen atoms in total. The fourth-order valence-corrected chi connectivity index (χ4v) is 2.88. The lowest BCUT2D eigenvalue weighted by Gasteiger charge is -2.11. The van der Waals surface area contributed by atoms with E-state index in [1.54, 1.807) is 42.5 Å². The summed E-state index contributed by atoms with van der Waals surface area (Å²) >= 11 is 0. The van der Waals surface area contributed by atoms with E-state index in [4.69, 9.17) is 13.9 Å². The first-order chi connectivity index (χ1) is 16.5. The molecule has 0 unspecified atom stereocenters. The van der Waals surface area contributed by atoms with Crippen molar-refractivity contribution < 1.29 is 28.4 Å². The minimum atomic E-state index is -0.823. The predicted octanol–water partition coefficient (Wildman–Crippen LogP) is 4.88. The van der Waals surface area contributed by atoms with Gasteiger partial charge in [0, 0.05) is 17.7 Å². The predicted molar refractivity (Wildman–Crippen MR) is 124 cm³/mol. The molecule has 176 valence electrons. The maximum absolute atomic E-state index is 12.8. The van der Waals surface area contributed by atoms with Gasteiger partial charge in [0.25, 0.3) is 11.6 Å². The number of unbranched alkanes of at least 4 members (excludes halogenated alkanes) is 1. The zero-order chi connectivity index (χ0) is 24.3. The molecular weight excluding hydrogens is 440 g/mol. The SMILES string of the molecule is CCCCOc1ccc(C(=O)N/C(=C\c2cccc([N+](=O)[O-])c2)C(=O)OCc2ccco2)cc1. The first-order valence-corrected chi connectivity index (χ1v) is 10.7. The lowest BCUT2D eigenvalue weighted by Crippen LogP contribution is -2.28. The topological polar surface area (TPSA) is 121 Å². The molecule has 0 radical (unpaired) electrons. The van der Waals surface area contributed by atoms with Crippen molar-refractivity contribution in [1.29, 1.82) is 0 Å². The summed E-state index contributed by atoms with van der Waals surface area (Å²) in [5, 5.41) is 13.6. The monoisotopic (exact) mass is 464 g/mol. The van der Waals surface area contributed by atoms with Gasteiger partial charge in [0.05, 0.1) is 17.8 Å². The summed E-state index contributed by atoms with van der Waals surface area (Å²) in [6, 6.07) is 15.5. The van der Waals surface area contributed by atoms with Crippen molar-refractivity contribution in [2.24, 2.45) is 0 Å². The van der Waals surface area contributed by atoms with Crippen molar-refractivity contribution >= 4 is 23.6 Å². The number of hydrogen-bond donors (Lipinski definition) is 1. The van der Waals surface area contributed by atoms with Crippen LogP contribution in [0.4, 0.5) is 5.69 Å². The molecule has 1 N–H and O–H groups in total. The molecule has 0 aliphatic rings. The van der Waals surface area contributed by atoms with E-state index in [0.29, 0.717) is 29.2 Å². The molecule has 0 aliphatic carbocycles. The van der Waals surface area contributed by atoms with Gasteiger partial charge in [-0.15, -0.1) is 0 Å². The molecule has 34 heavy (non-hydrogen) atoms. The Morgan fingerprint density at radius 3 is 2.59 bits per heavy atom. The highest BCUT2D eigenvalue weighted by Crippen LogP contribution is 2.17.